The average molecular weight is 543 g/mol. The first-order valence-corrected chi connectivity index (χ1v) is 13.9. The number of nitrogens with one attached hydrogen (secondary N) is 1. The summed E-state index contributed by atoms with van der Waals surface area (Å²) in [6.45, 7) is 6.84. The Morgan fingerprint density at radius 3 is 2.38 bits per heavy atom. The first-order valence-electron chi connectivity index (χ1n) is 11.2. The quantitative estimate of drug-likeness (QED) is 0.165. The predicted octanol–water partition coefficient (Wildman–Crippen LogP) is 3.96. The molecule has 0 saturated carbocycles. The molecule has 0 bridgehead atoms. The van der Waals surface area contributed by atoms with Crippen molar-refractivity contribution in [3.63, 3.8) is 0 Å². The van der Waals surface area contributed by atoms with Crippen LogP contribution in [0.25, 0.3) is 6.08 Å². The zero-order chi connectivity index (χ0) is 27.0. The molecule has 1 N–H and O–H groups in total. The van der Waals surface area contributed by atoms with Crippen LogP contribution in [0.5, 0.6) is 17.2 Å². The zero-order valence-corrected chi connectivity index (χ0v) is 22.4. The van der Waals surface area contributed by atoms with E-state index in [-0.39, 0.29) is 21.7 Å². The number of aryl methyl sites for hydroxylation is 2. The highest BCUT2D eigenvalue weighted by Crippen LogP contribution is 2.30. The average Bonchev–Trinajstić information content (AvgIpc) is 3.31. The van der Waals surface area contributed by atoms with Crippen molar-refractivity contribution in [3.05, 3.63) is 58.7 Å². The molecule has 0 atom stereocenters. The van der Waals surface area contributed by atoms with Gasteiger partial charge in [-0.15, -0.1) is 10.2 Å². The summed E-state index contributed by atoms with van der Waals surface area (Å²) in [5.74, 6) is 0.986. The molecule has 0 fully saturated rings. The van der Waals surface area contributed by atoms with Crippen molar-refractivity contribution in [2.45, 2.75) is 25.1 Å². The zero-order valence-electron chi connectivity index (χ0n) is 20.8. The number of ether oxygens (including phenoxy) is 3. The number of carbonyl (C=O) groups excluding carboxylic acids is 1. The van der Waals surface area contributed by atoms with Crippen LogP contribution in [0.1, 0.15) is 23.6 Å². The van der Waals surface area contributed by atoms with Gasteiger partial charge >= 0.3 is 0 Å². The lowest BCUT2D eigenvalue weighted by atomic mass is 10.1. The van der Waals surface area contributed by atoms with Crippen molar-refractivity contribution in [2.24, 2.45) is 0 Å². The molecule has 0 aliphatic carbocycles. The van der Waals surface area contributed by atoms with Crippen molar-refractivity contribution in [3.8, 4) is 23.3 Å². The van der Waals surface area contributed by atoms with E-state index in [0.29, 0.717) is 41.6 Å². The number of sulfone groups is 1. The summed E-state index contributed by atoms with van der Waals surface area (Å²) in [5.41, 5.74) is 2.53. The van der Waals surface area contributed by atoms with Gasteiger partial charge in [-0.1, -0.05) is 35.1 Å². The molecule has 0 aliphatic heterocycles. The second-order valence-electron chi connectivity index (χ2n) is 7.87. The third-order valence-corrected chi connectivity index (χ3v) is 7.32. The molecule has 12 heteroatoms. The Labute approximate surface area is 219 Å². The van der Waals surface area contributed by atoms with Crippen molar-refractivity contribution in [1.82, 2.24) is 10.2 Å². The lowest BCUT2D eigenvalue weighted by molar-refractivity contribution is -0.112. The summed E-state index contributed by atoms with van der Waals surface area (Å²) in [6.07, 6.45) is 2.37. The maximum Gasteiger partial charge on any atom is 0.268 e. The summed E-state index contributed by atoms with van der Waals surface area (Å²) >= 11 is 0.697. The molecule has 37 heavy (non-hydrogen) atoms. The van der Waals surface area contributed by atoms with Gasteiger partial charge in [0.2, 0.25) is 19.3 Å². The molecule has 3 aromatic rings. The molecular formula is C25H26N4O6S2. The molecule has 0 saturated heterocycles. The van der Waals surface area contributed by atoms with Gasteiger partial charge in [-0.25, -0.2) is 8.42 Å². The van der Waals surface area contributed by atoms with Crippen LogP contribution in [0.4, 0.5) is 5.13 Å². The lowest BCUT2D eigenvalue weighted by Crippen LogP contribution is -2.13. The predicted molar refractivity (Wildman–Crippen MR) is 140 cm³/mol. The number of hydrogen-bond acceptors (Lipinski definition) is 10. The number of nitrogens with zero attached hydrogens (tertiary/aromatic N) is 3. The lowest BCUT2D eigenvalue weighted by Gasteiger charge is -2.14. The fraction of sp³-hybridized carbons (Fsp3) is 0.280. The highest BCUT2D eigenvalue weighted by atomic mass is 32.2. The minimum Gasteiger partial charge on any atom is -0.490 e. The monoisotopic (exact) mass is 542 g/mol. The van der Waals surface area contributed by atoms with Gasteiger partial charge < -0.3 is 14.2 Å². The number of amides is 1. The van der Waals surface area contributed by atoms with E-state index in [1.165, 1.54) is 6.08 Å². The molecule has 0 unspecified atom stereocenters. The minimum absolute atomic E-state index is 0.0339. The van der Waals surface area contributed by atoms with E-state index < -0.39 is 15.7 Å². The Kier molecular flexibility index (Phi) is 9.21. The first-order chi connectivity index (χ1) is 17.6. The van der Waals surface area contributed by atoms with E-state index in [4.69, 9.17) is 14.2 Å². The van der Waals surface area contributed by atoms with E-state index in [0.717, 1.165) is 23.1 Å². The van der Waals surface area contributed by atoms with Crippen molar-refractivity contribution >= 4 is 38.3 Å². The van der Waals surface area contributed by atoms with Gasteiger partial charge in [0, 0.05) is 6.26 Å². The summed E-state index contributed by atoms with van der Waals surface area (Å²) in [7, 11) is -3.55. The number of anilines is 1. The molecule has 1 amide bonds. The maximum absolute atomic E-state index is 12.5. The molecular weight excluding hydrogens is 516 g/mol. The van der Waals surface area contributed by atoms with Crippen LogP contribution >= 0.6 is 11.3 Å². The van der Waals surface area contributed by atoms with Crippen molar-refractivity contribution in [1.29, 1.82) is 5.26 Å². The molecule has 2 aromatic carbocycles. The normalized spacial score (nSPS) is 11.5. The van der Waals surface area contributed by atoms with E-state index >= 15 is 0 Å². The third kappa shape index (κ3) is 7.77. The molecule has 3 rings (SSSR count). The van der Waals surface area contributed by atoms with Crippen LogP contribution in [0.3, 0.4) is 0 Å². The second-order valence-corrected chi connectivity index (χ2v) is 11.0. The SMILES string of the molecule is CCOc1cc(/C=C(/C#N)C(=O)Nc2nnc(S(C)(=O)=O)s2)ccc1OCCOc1ccc(C)cc1C. The van der Waals surface area contributed by atoms with Gasteiger partial charge in [-0.2, -0.15) is 5.26 Å². The van der Waals surface area contributed by atoms with Crippen LogP contribution in [0.2, 0.25) is 0 Å². The molecule has 0 spiro atoms. The van der Waals surface area contributed by atoms with E-state index in [9.17, 15) is 18.5 Å². The number of aromatic nitrogens is 2. The standard InChI is InChI=1S/C25H26N4O6S2/c1-5-33-22-14-18(7-9-21(22)35-11-10-34-20-8-6-16(2)12-17(20)3)13-19(15-26)23(30)27-24-28-29-25(36-24)37(4,31)32/h6-9,12-14H,5,10-11H2,1-4H3,(H,27,28,30)/b19-13-. The van der Waals surface area contributed by atoms with Gasteiger partial charge in [0.15, 0.2) is 11.5 Å². The van der Waals surface area contributed by atoms with E-state index in [1.807, 2.05) is 45.0 Å². The summed E-state index contributed by atoms with van der Waals surface area (Å²) in [4.78, 5) is 12.5. The van der Waals surface area contributed by atoms with Gasteiger partial charge in [0.25, 0.3) is 5.91 Å². The highest BCUT2D eigenvalue weighted by Gasteiger charge is 2.18. The van der Waals surface area contributed by atoms with Gasteiger partial charge in [0.05, 0.1) is 6.61 Å². The van der Waals surface area contributed by atoms with Gasteiger partial charge in [-0.05, 0) is 56.2 Å². The smallest absolute Gasteiger partial charge is 0.268 e. The molecule has 1 heterocycles. The van der Waals surface area contributed by atoms with E-state index in [1.54, 1.807) is 18.2 Å². The number of carbonyl (C=O) groups is 1. The summed E-state index contributed by atoms with van der Waals surface area (Å²) in [5, 5.41) is 19.0. The fourth-order valence-electron chi connectivity index (χ4n) is 3.16. The third-order valence-electron chi connectivity index (χ3n) is 4.82. The Bertz CT molecular complexity index is 1460. The summed E-state index contributed by atoms with van der Waals surface area (Å²) in [6, 6.07) is 12.8. The van der Waals surface area contributed by atoms with Crippen LogP contribution in [0, 0.1) is 25.2 Å². The number of hydrogen-bond donors (Lipinski definition) is 1. The minimum atomic E-state index is -3.55. The number of nitriles is 1. The van der Waals surface area contributed by atoms with Crippen LogP contribution in [-0.2, 0) is 14.6 Å². The van der Waals surface area contributed by atoms with Gasteiger partial charge in [-0.3, -0.25) is 10.1 Å². The van der Waals surface area contributed by atoms with Crippen LogP contribution in [-0.4, -0.2) is 50.6 Å². The second kappa shape index (κ2) is 12.3. The Morgan fingerprint density at radius 2 is 1.76 bits per heavy atom. The molecule has 194 valence electrons. The van der Waals surface area contributed by atoms with Gasteiger partial charge in [0.1, 0.15) is 30.6 Å². The Hall–Kier alpha value is -3.95. The maximum atomic E-state index is 12.5. The molecule has 10 nitrogen and oxygen atoms in total. The van der Waals surface area contributed by atoms with Crippen molar-refractivity contribution in [2.75, 3.05) is 31.4 Å². The number of rotatable bonds is 11. The molecule has 0 aliphatic rings. The number of benzene rings is 2. The van der Waals surface area contributed by atoms with Crippen molar-refractivity contribution < 1.29 is 27.4 Å². The van der Waals surface area contributed by atoms with Crippen LogP contribution < -0.4 is 19.5 Å². The topological polar surface area (TPSA) is 140 Å². The Morgan fingerprint density at radius 1 is 1.05 bits per heavy atom. The summed E-state index contributed by atoms with van der Waals surface area (Å²) < 4.78 is 40.2. The Balaban J connectivity index is 1.68. The highest BCUT2D eigenvalue weighted by molar-refractivity contribution is 7.92. The van der Waals surface area contributed by atoms with E-state index in [2.05, 4.69) is 15.5 Å². The molecule has 1 aromatic heterocycles. The first kappa shape index (κ1) is 27.6. The van der Waals surface area contributed by atoms with Crippen LogP contribution in [0.15, 0.2) is 46.3 Å². The fourth-order valence-corrected chi connectivity index (χ4v) is 4.66. The largest absolute Gasteiger partial charge is 0.490 e. The molecule has 0 radical (unpaired) electrons.